The first kappa shape index (κ1) is 17.5. The fourth-order valence-electron chi connectivity index (χ4n) is 2.91. The summed E-state index contributed by atoms with van der Waals surface area (Å²) in [4.78, 5) is 26.5. The second-order valence-corrected chi connectivity index (χ2v) is 7.81. The van der Waals surface area contributed by atoms with Crippen LogP contribution in [0.3, 0.4) is 0 Å². The van der Waals surface area contributed by atoms with E-state index in [0.717, 1.165) is 11.3 Å². The molecular weight excluding hydrogens is 288 g/mol. The maximum absolute atomic E-state index is 12.5. The van der Waals surface area contributed by atoms with Crippen LogP contribution < -0.4 is 10.2 Å². The summed E-state index contributed by atoms with van der Waals surface area (Å²) in [5.41, 5.74) is 2.02. The Bertz CT molecular complexity index is 587. The molecule has 4 nitrogen and oxygen atoms in total. The lowest BCUT2D eigenvalue weighted by molar-refractivity contribution is -0.126. The summed E-state index contributed by atoms with van der Waals surface area (Å²) in [6.07, 6.45) is 0.294. The quantitative estimate of drug-likeness (QED) is 0.928. The molecule has 0 spiro atoms. The average molecular weight is 316 g/mol. The Morgan fingerprint density at radius 2 is 1.96 bits per heavy atom. The summed E-state index contributed by atoms with van der Waals surface area (Å²) in [6, 6.07) is 7.99. The number of anilines is 1. The smallest absolute Gasteiger partial charge is 0.227 e. The Balaban J connectivity index is 2.17. The molecule has 126 valence electrons. The number of amides is 2. The van der Waals surface area contributed by atoms with E-state index in [4.69, 9.17) is 0 Å². The molecule has 1 aliphatic rings. The van der Waals surface area contributed by atoms with Gasteiger partial charge < -0.3 is 10.2 Å². The van der Waals surface area contributed by atoms with Gasteiger partial charge in [-0.3, -0.25) is 9.59 Å². The number of carbonyl (C=O) groups excluding carboxylic acids is 2. The molecule has 2 amide bonds. The molecule has 1 heterocycles. The highest BCUT2D eigenvalue weighted by atomic mass is 16.2. The van der Waals surface area contributed by atoms with Gasteiger partial charge in [-0.1, -0.05) is 52.8 Å². The molecule has 1 atom stereocenters. The highest BCUT2D eigenvalue weighted by Gasteiger charge is 2.36. The maximum atomic E-state index is 12.5. The zero-order chi connectivity index (χ0) is 17.2. The second kappa shape index (κ2) is 6.73. The highest BCUT2D eigenvalue weighted by molar-refractivity contribution is 6.01. The third kappa shape index (κ3) is 4.12. The molecule has 1 aliphatic heterocycles. The molecule has 1 fully saturated rings. The van der Waals surface area contributed by atoms with Gasteiger partial charge in [-0.25, -0.2) is 0 Å². The van der Waals surface area contributed by atoms with Crippen LogP contribution in [-0.4, -0.2) is 24.9 Å². The summed E-state index contributed by atoms with van der Waals surface area (Å²) < 4.78 is 0. The first-order chi connectivity index (χ1) is 10.7. The van der Waals surface area contributed by atoms with Gasteiger partial charge in [0.15, 0.2) is 0 Å². The molecule has 1 N–H and O–H groups in total. The van der Waals surface area contributed by atoms with Crippen LogP contribution in [0.5, 0.6) is 0 Å². The van der Waals surface area contributed by atoms with Crippen molar-refractivity contribution < 1.29 is 9.59 Å². The van der Waals surface area contributed by atoms with Crippen LogP contribution in [0, 0.1) is 11.8 Å². The molecule has 4 heteroatoms. The van der Waals surface area contributed by atoms with Gasteiger partial charge >= 0.3 is 0 Å². The van der Waals surface area contributed by atoms with Crippen LogP contribution in [0.2, 0.25) is 0 Å². The van der Waals surface area contributed by atoms with E-state index in [1.165, 1.54) is 0 Å². The van der Waals surface area contributed by atoms with Crippen molar-refractivity contribution in [2.24, 2.45) is 11.8 Å². The number of nitrogens with one attached hydrogen (secondary N) is 1. The highest BCUT2D eigenvalue weighted by Crippen LogP contribution is 2.35. The minimum Gasteiger partial charge on any atom is -0.356 e. The fraction of sp³-hybridized carbons (Fsp3) is 0.579. The Morgan fingerprint density at radius 1 is 1.30 bits per heavy atom. The Hall–Kier alpha value is -1.84. The van der Waals surface area contributed by atoms with E-state index in [2.05, 4.69) is 46.0 Å². The molecule has 0 aliphatic carbocycles. The van der Waals surface area contributed by atoms with Crippen LogP contribution in [0.1, 0.15) is 46.6 Å². The lowest BCUT2D eigenvalue weighted by Gasteiger charge is -2.27. The van der Waals surface area contributed by atoms with E-state index in [-0.39, 0.29) is 23.1 Å². The zero-order valence-corrected chi connectivity index (χ0v) is 14.8. The third-order valence-corrected chi connectivity index (χ3v) is 4.18. The predicted octanol–water partition coefficient (Wildman–Crippen LogP) is 3.11. The van der Waals surface area contributed by atoms with Gasteiger partial charge in [-0.2, -0.15) is 0 Å². The van der Waals surface area contributed by atoms with Crippen molar-refractivity contribution in [2.75, 3.05) is 18.0 Å². The molecule has 23 heavy (non-hydrogen) atoms. The molecule has 1 unspecified atom stereocenters. The van der Waals surface area contributed by atoms with Crippen molar-refractivity contribution in [1.82, 2.24) is 5.32 Å². The van der Waals surface area contributed by atoms with E-state index in [1.54, 1.807) is 4.90 Å². The number of hydrogen-bond acceptors (Lipinski definition) is 2. The minimum atomic E-state index is -0.255. The number of nitrogens with zero attached hydrogens (tertiary/aromatic N) is 1. The Morgan fingerprint density at radius 3 is 2.57 bits per heavy atom. The molecule has 2 rings (SSSR count). The van der Waals surface area contributed by atoms with Crippen LogP contribution in [0.25, 0.3) is 0 Å². The summed E-state index contributed by atoms with van der Waals surface area (Å²) in [7, 11) is 0. The van der Waals surface area contributed by atoms with Crippen LogP contribution >= 0.6 is 0 Å². The standard InChI is InChI=1S/C19H28N2O2/c1-13(2)11-20-18(23)14-10-17(22)21(12-14)16-9-7-6-8-15(16)19(3,4)5/h6-9,13-14H,10-12H2,1-5H3,(H,20,23). The third-order valence-electron chi connectivity index (χ3n) is 4.18. The fourth-order valence-corrected chi connectivity index (χ4v) is 2.91. The minimum absolute atomic E-state index is 0.0113. The number of hydrogen-bond donors (Lipinski definition) is 1. The Kier molecular flexibility index (Phi) is 5.12. The first-order valence-electron chi connectivity index (χ1n) is 8.37. The largest absolute Gasteiger partial charge is 0.356 e. The van der Waals surface area contributed by atoms with Crippen LogP contribution in [-0.2, 0) is 15.0 Å². The van der Waals surface area contributed by atoms with Crippen molar-refractivity contribution in [3.8, 4) is 0 Å². The topological polar surface area (TPSA) is 49.4 Å². The SMILES string of the molecule is CC(C)CNC(=O)C1CC(=O)N(c2ccccc2C(C)(C)C)C1. The average Bonchev–Trinajstić information content (AvgIpc) is 2.85. The van der Waals surface area contributed by atoms with Crippen molar-refractivity contribution in [2.45, 2.75) is 46.5 Å². The lowest BCUT2D eigenvalue weighted by atomic mass is 9.85. The number of para-hydroxylation sites is 1. The van der Waals surface area contributed by atoms with E-state index in [9.17, 15) is 9.59 Å². The normalized spacial score (nSPS) is 18.6. The summed E-state index contributed by atoms with van der Waals surface area (Å²) in [5.74, 6) is 0.178. The first-order valence-corrected chi connectivity index (χ1v) is 8.37. The van der Waals surface area contributed by atoms with Gasteiger partial charge in [0.25, 0.3) is 0 Å². The van der Waals surface area contributed by atoms with Crippen molar-refractivity contribution in [1.29, 1.82) is 0 Å². The van der Waals surface area contributed by atoms with Crippen molar-refractivity contribution in [3.63, 3.8) is 0 Å². The second-order valence-electron chi connectivity index (χ2n) is 7.81. The van der Waals surface area contributed by atoms with E-state index in [1.807, 2.05) is 18.2 Å². The van der Waals surface area contributed by atoms with Gasteiger partial charge in [-0.05, 0) is 23.0 Å². The van der Waals surface area contributed by atoms with Crippen LogP contribution in [0.4, 0.5) is 5.69 Å². The van der Waals surface area contributed by atoms with E-state index in [0.29, 0.717) is 25.4 Å². The molecule has 1 aromatic carbocycles. The molecule has 1 saturated heterocycles. The van der Waals surface area contributed by atoms with Gasteiger partial charge in [0, 0.05) is 25.2 Å². The number of rotatable bonds is 4. The van der Waals surface area contributed by atoms with E-state index >= 15 is 0 Å². The lowest BCUT2D eigenvalue weighted by Crippen LogP contribution is -2.35. The van der Waals surface area contributed by atoms with Crippen molar-refractivity contribution >= 4 is 17.5 Å². The van der Waals surface area contributed by atoms with Gasteiger partial charge in [0.05, 0.1) is 5.92 Å². The molecule has 0 saturated carbocycles. The molecule has 0 aromatic heterocycles. The molecule has 0 radical (unpaired) electrons. The summed E-state index contributed by atoms with van der Waals surface area (Å²) in [5, 5.41) is 2.94. The zero-order valence-electron chi connectivity index (χ0n) is 14.8. The van der Waals surface area contributed by atoms with Gasteiger partial charge in [0.1, 0.15) is 0 Å². The predicted molar refractivity (Wildman–Crippen MR) is 93.4 cm³/mol. The number of benzene rings is 1. The van der Waals surface area contributed by atoms with E-state index < -0.39 is 0 Å². The Labute approximate surface area is 139 Å². The summed E-state index contributed by atoms with van der Waals surface area (Å²) in [6.45, 7) is 11.7. The van der Waals surface area contributed by atoms with Crippen LogP contribution in [0.15, 0.2) is 24.3 Å². The number of carbonyl (C=O) groups is 2. The monoisotopic (exact) mass is 316 g/mol. The molecular formula is C19H28N2O2. The van der Waals surface area contributed by atoms with Crippen molar-refractivity contribution in [3.05, 3.63) is 29.8 Å². The molecule has 1 aromatic rings. The van der Waals surface area contributed by atoms with Gasteiger partial charge in [-0.15, -0.1) is 0 Å². The summed E-state index contributed by atoms with van der Waals surface area (Å²) >= 11 is 0. The maximum Gasteiger partial charge on any atom is 0.227 e. The van der Waals surface area contributed by atoms with Gasteiger partial charge in [0.2, 0.25) is 11.8 Å². The molecule has 0 bridgehead atoms.